The zero-order valence-corrected chi connectivity index (χ0v) is 5.29. The van der Waals surface area contributed by atoms with Crippen molar-refractivity contribution in [3.05, 3.63) is 0 Å². The van der Waals surface area contributed by atoms with E-state index in [1.165, 1.54) is 0 Å². The molecule has 0 bridgehead atoms. The lowest BCUT2D eigenvalue weighted by molar-refractivity contribution is -0.143. The Kier molecular flexibility index (Phi) is 6.89. The summed E-state index contributed by atoms with van der Waals surface area (Å²) in [6.07, 6.45) is 0.492. The summed E-state index contributed by atoms with van der Waals surface area (Å²) >= 11 is 0. The molecule has 4 heteroatoms. The molecule has 0 saturated heterocycles. The summed E-state index contributed by atoms with van der Waals surface area (Å²) in [4.78, 5) is 10.0. The minimum atomic E-state index is -0.921. The highest BCUT2D eigenvalue weighted by molar-refractivity contribution is 5.69. The Hall–Kier alpha value is -0.610. The summed E-state index contributed by atoms with van der Waals surface area (Å²) in [5.41, 5.74) is 0. The lowest BCUT2D eigenvalue weighted by Crippen LogP contribution is -2.16. The fraction of sp³-hybridized carbons (Fsp3) is 0.800. The third-order valence-electron chi connectivity index (χ3n) is 1.06. The molecule has 0 aromatic rings. The number of carboxylic acids is 1. The van der Waals surface area contributed by atoms with Crippen LogP contribution in [0.5, 0.6) is 0 Å². The molecule has 0 saturated carbocycles. The first kappa shape index (κ1) is 11.2. The van der Waals surface area contributed by atoms with E-state index in [9.17, 15) is 4.79 Å². The van der Waals surface area contributed by atoms with Gasteiger partial charge >= 0.3 is 5.97 Å². The molecule has 0 amide bonds. The molecule has 0 rings (SSSR count). The van der Waals surface area contributed by atoms with E-state index in [-0.39, 0.29) is 12.1 Å². The van der Waals surface area contributed by atoms with Gasteiger partial charge in [0.25, 0.3) is 0 Å². The number of carboxylic acid groups (broad SMARTS) is 1. The maximum atomic E-state index is 10.0. The van der Waals surface area contributed by atoms with Crippen LogP contribution < -0.4 is 0 Å². The molecule has 0 aliphatic rings. The summed E-state index contributed by atoms with van der Waals surface area (Å²) in [5.74, 6) is -1.50. The van der Waals surface area contributed by atoms with Crippen LogP contribution in [0.3, 0.4) is 0 Å². The van der Waals surface area contributed by atoms with Crippen LogP contribution in [0.4, 0.5) is 0 Å². The van der Waals surface area contributed by atoms with Gasteiger partial charge in [-0.25, -0.2) is 0 Å². The molecule has 0 aromatic heterocycles. The van der Waals surface area contributed by atoms with Gasteiger partial charge in [-0.3, -0.25) is 4.79 Å². The summed E-state index contributed by atoms with van der Waals surface area (Å²) in [7, 11) is 0. The van der Waals surface area contributed by atoms with Crippen molar-refractivity contribution in [2.24, 2.45) is 5.92 Å². The fourth-order valence-electron chi connectivity index (χ4n) is 0.382. The van der Waals surface area contributed by atoms with Gasteiger partial charge in [0.15, 0.2) is 0 Å². The SMILES string of the molecule is CCC(CO)C(=O)O.O. The van der Waals surface area contributed by atoms with E-state index < -0.39 is 11.9 Å². The van der Waals surface area contributed by atoms with Crippen LogP contribution >= 0.6 is 0 Å². The van der Waals surface area contributed by atoms with Crippen molar-refractivity contribution >= 4 is 5.97 Å². The molecule has 0 aromatic carbocycles. The number of aliphatic carboxylic acids is 1. The molecule has 0 spiro atoms. The number of aliphatic hydroxyl groups is 1. The Balaban J connectivity index is 0. The lowest BCUT2D eigenvalue weighted by atomic mass is 10.1. The Labute approximate surface area is 53.4 Å². The topological polar surface area (TPSA) is 89.0 Å². The number of aliphatic hydroxyl groups excluding tert-OH is 1. The third kappa shape index (κ3) is 3.93. The Morgan fingerprint density at radius 2 is 2.11 bits per heavy atom. The minimum absolute atomic E-state index is 0. The molecule has 0 heterocycles. The average molecular weight is 136 g/mol. The van der Waals surface area contributed by atoms with Crippen molar-refractivity contribution in [1.82, 2.24) is 0 Å². The highest BCUT2D eigenvalue weighted by Crippen LogP contribution is 1.98. The van der Waals surface area contributed by atoms with Crippen molar-refractivity contribution in [1.29, 1.82) is 0 Å². The van der Waals surface area contributed by atoms with Gasteiger partial charge in [-0.15, -0.1) is 0 Å². The lowest BCUT2D eigenvalue weighted by Gasteiger charge is -2.01. The third-order valence-corrected chi connectivity index (χ3v) is 1.06. The van der Waals surface area contributed by atoms with Crippen LogP contribution in [0.2, 0.25) is 0 Å². The summed E-state index contributed by atoms with van der Waals surface area (Å²) in [5, 5.41) is 16.5. The van der Waals surface area contributed by atoms with Crippen LogP contribution in [0.25, 0.3) is 0 Å². The van der Waals surface area contributed by atoms with Gasteiger partial charge < -0.3 is 15.7 Å². The Bertz CT molecular complexity index is 77.0. The van der Waals surface area contributed by atoms with Gasteiger partial charge in [0, 0.05) is 0 Å². The largest absolute Gasteiger partial charge is 0.481 e. The molecule has 0 aliphatic heterocycles. The van der Waals surface area contributed by atoms with Crippen molar-refractivity contribution in [3.63, 3.8) is 0 Å². The maximum Gasteiger partial charge on any atom is 0.308 e. The van der Waals surface area contributed by atoms with E-state index in [1.807, 2.05) is 0 Å². The molecular weight excluding hydrogens is 124 g/mol. The van der Waals surface area contributed by atoms with E-state index in [0.717, 1.165) is 0 Å². The first-order valence-electron chi connectivity index (χ1n) is 2.56. The zero-order chi connectivity index (χ0) is 6.57. The predicted octanol–water partition coefficient (Wildman–Crippen LogP) is -0.735. The highest BCUT2D eigenvalue weighted by Gasteiger charge is 2.11. The molecule has 9 heavy (non-hydrogen) atoms. The number of hydrogen-bond donors (Lipinski definition) is 2. The van der Waals surface area contributed by atoms with Gasteiger partial charge in [0.1, 0.15) is 0 Å². The standard InChI is InChI=1S/C5H10O3.H2O/c1-2-4(3-6)5(7)8;/h4,6H,2-3H2,1H3,(H,7,8);1H2. The molecule has 4 nitrogen and oxygen atoms in total. The van der Waals surface area contributed by atoms with Crippen molar-refractivity contribution in [3.8, 4) is 0 Å². The number of carbonyl (C=O) groups is 1. The highest BCUT2D eigenvalue weighted by atomic mass is 16.4. The van der Waals surface area contributed by atoms with E-state index in [1.54, 1.807) is 6.92 Å². The van der Waals surface area contributed by atoms with Gasteiger partial charge in [0.2, 0.25) is 0 Å². The monoisotopic (exact) mass is 136 g/mol. The summed E-state index contributed by atoms with van der Waals surface area (Å²) < 4.78 is 0. The quantitative estimate of drug-likeness (QED) is 0.535. The van der Waals surface area contributed by atoms with Crippen molar-refractivity contribution < 1.29 is 20.5 Å². The molecule has 4 N–H and O–H groups in total. The maximum absolute atomic E-state index is 10.0. The fourth-order valence-corrected chi connectivity index (χ4v) is 0.382. The molecule has 0 aliphatic carbocycles. The molecule has 1 atom stereocenters. The van der Waals surface area contributed by atoms with Gasteiger partial charge in [-0.2, -0.15) is 0 Å². The predicted molar refractivity (Wildman–Crippen MR) is 32.1 cm³/mol. The first-order valence-corrected chi connectivity index (χ1v) is 2.56. The van der Waals surface area contributed by atoms with E-state index >= 15 is 0 Å². The average Bonchev–Trinajstić information content (AvgIpc) is 1.69. The van der Waals surface area contributed by atoms with Crippen LogP contribution in [0.1, 0.15) is 13.3 Å². The summed E-state index contributed by atoms with van der Waals surface area (Å²) in [6, 6.07) is 0. The second-order valence-corrected chi connectivity index (χ2v) is 1.63. The van der Waals surface area contributed by atoms with E-state index in [2.05, 4.69) is 0 Å². The van der Waals surface area contributed by atoms with Crippen molar-refractivity contribution in [2.45, 2.75) is 13.3 Å². The first-order chi connectivity index (χ1) is 3.72. The number of rotatable bonds is 3. The molecule has 56 valence electrons. The van der Waals surface area contributed by atoms with Gasteiger partial charge in [-0.1, -0.05) is 6.92 Å². The van der Waals surface area contributed by atoms with E-state index in [0.29, 0.717) is 6.42 Å². The number of hydrogen-bond acceptors (Lipinski definition) is 2. The second-order valence-electron chi connectivity index (χ2n) is 1.63. The Morgan fingerprint density at radius 1 is 1.67 bits per heavy atom. The van der Waals surface area contributed by atoms with Crippen LogP contribution in [-0.2, 0) is 4.79 Å². The molecule has 0 fully saturated rings. The van der Waals surface area contributed by atoms with E-state index in [4.69, 9.17) is 10.2 Å². The molecule has 0 radical (unpaired) electrons. The molecule has 1 unspecified atom stereocenters. The van der Waals surface area contributed by atoms with Crippen LogP contribution in [0, 0.1) is 5.92 Å². The smallest absolute Gasteiger partial charge is 0.308 e. The zero-order valence-electron chi connectivity index (χ0n) is 5.29. The molecular formula is C5H12O4. The normalized spacial score (nSPS) is 11.8. The second kappa shape index (κ2) is 5.53. The van der Waals surface area contributed by atoms with Crippen molar-refractivity contribution in [2.75, 3.05) is 6.61 Å². The summed E-state index contributed by atoms with van der Waals surface area (Å²) in [6.45, 7) is 1.47. The van der Waals surface area contributed by atoms with Gasteiger partial charge in [0.05, 0.1) is 12.5 Å². The van der Waals surface area contributed by atoms with Gasteiger partial charge in [-0.05, 0) is 6.42 Å². The van der Waals surface area contributed by atoms with Crippen LogP contribution in [0.15, 0.2) is 0 Å². The van der Waals surface area contributed by atoms with Crippen LogP contribution in [-0.4, -0.2) is 28.3 Å². The Morgan fingerprint density at radius 3 is 2.11 bits per heavy atom. The minimum Gasteiger partial charge on any atom is -0.481 e.